The van der Waals surface area contributed by atoms with Crippen molar-refractivity contribution < 1.29 is 14.3 Å². The van der Waals surface area contributed by atoms with Crippen molar-refractivity contribution in [3.63, 3.8) is 0 Å². The highest BCUT2D eigenvalue weighted by Crippen LogP contribution is 2.12. The lowest BCUT2D eigenvalue weighted by Crippen LogP contribution is -2.40. The van der Waals surface area contributed by atoms with Crippen LogP contribution in [0, 0.1) is 5.92 Å². The highest BCUT2D eigenvalue weighted by atomic mass is 16.5. The Morgan fingerprint density at radius 2 is 1.87 bits per heavy atom. The maximum Gasteiger partial charge on any atom is 0.407 e. The lowest BCUT2D eigenvalue weighted by Gasteiger charge is -2.21. The van der Waals surface area contributed by atoms with Crippen LogP contribution in [0.3, 0.4) is 0 Å². The Morgan fingerprint density at radius 1 is 1.17 bits per heavy atom. The molecule has 0 saturated heterocycles. The van der Waals surface area contributed by atoms with Crippen molar-refractivity contribution in [2.75, 3.05) is 0 Å². The molecule has 0 aliphatic carbocycles. The molecule has 0 aromatic heterocycles. The fourth-order valence-corrected chi connectivity index (χ4v) is 2.45. The summed E-state index contributed by atoms with van der Waals surface area (Å²) in [5, 5.41) is 2.84. The van der Waals surface area contributed by atoms with Crippen molar-refractivity contribution >= 4 is 12.4 Å². The highest BCUT2D eigenvalue weighted by molar-refractivity contribution is 5.68. The average Bonchev–Trinajstić information content (AvgIpc) is 2.59. The van der Waals surface area contributed by atoms with Crippen LogP contribution in [0.1, 0.15) is 57.9 Å². The molecular weight excluding hydrogens is 290 g/mol. The quantitative estimate of drug-likeness (QED) is 0.483. The smallest absolute Gasteiger partial charge is 0.407 e. The summed E-state index contributed by atoms with van der Waals surface area (Å²) in [5.41, 5.74) is 0.946. The number of nitrogens with one attached hydrogen (secondary N) is 1. The van der Waals surface area contributed by atoms with Gasteiger partial charge >= 0.3 is 6.09 Å². The minimum absolute atomic E-state index is 0.155. The number of ether oxygens (including phenoxy) is 1. The first-order valence-corrected chi connectivity index (χ1v) is 8.59. The van der Waals surface area contributed by atoms with E-state index in [2.05, 4.69) is 12.2 Å². The number of benzene rings is 1. The van der Waals surface area contributed by atoms with Gasteiger partial charge in [0.15, 0.2) is 0 Å². The van der Waals surface area contributed by atoms with Gasteiger partial charge in [0.05, 0.1) is 0 Å². The third kappa shape index (κ3) is 8.38. The van der Waals surface area contributed by atoms with Crippen molar-refractivity contribution in [3.05, 3.63) is 35.9 Å². The van der Waals surface area contributed by atoms with Gasteiger partial charge in [-0.3, -0.25) is 0 Å². The number of hydrogen-bond donors (Lipinski definition) is 1. The van der Waals surface area contributed by atoms with Gasteiger partial charge in [0, 0.05) is 12.0 Å². The van der Waals surface area contributed by atoms with Crippen molar-refractivity contribution in [1.29, 1.82) is 0 Å². The van der Waals surface area contributed by atoms with E-state index in [9.17, 15) is 9.59 Å². The van der Waals surface area contributed by atoms with Crippen LogP contribution in [0.25, 0.3) is 0 Å². The molecule has 2 atom stereocenters. The van der Waals surface area contributed by atoms with E-state index >= 15 is 0 Å². The first-order valence-electron chi connectivity index (χ1n) is 8.59. The first kappa shape index (κ1) is 19.2. The zero-order chi connectivity index (χ0) is 16.9. The number of amides is 1. The molecular formula is C19H29NO3. The van der Waals surface area contributed by atoms with Gasteiger partial charge < -0.3 is 14.8 Å². The fraction of sp³-hybridized carbons (Fsp3) is 0.579. The summed E-state index contributed by atoms with van der Waals surface area (Å²) in [5.74, 6) is -0.203. The maximum absolute atomic E-state index is 11.9. The van der Waals surface area contributed by atoms with E-state index in [-0.39, 0.29) is 18.6 Å². The summed E-state index contributed by atoms with van der Waals surface area (Å²) >= 11 is 0. The number of rotatable bonds is 11. The minimum atomic E-state index is -0.457. The number of carbonyl (C=O) groups is 2. The zero-order valence-corrected chi connectivity index (χ0v) is 14.3. The Bertz CT molecular complexity index is 447. The van der Waals surface area contributed by atoms with Crippen LogP contribution in [0.2, 0.25) is 0 Å². The van der Waals surface area contributed by atoms with Gasteiger partial charge in [0.1, 0.15) is 12.9 Å². The molecule has 0 unspecified atom stereocenters. The van der Waals surface area contributed by atoms with Gasteiger partial charge in [0.25, 0.3) is 0 Å². The molecule has 1 aromatic carbocycles. The van der Waals surface area contributed by atoms with Crippen LogP contribution in [0.4, 0.5) is 4.79 Å². The molecule has 0 spiro atoms. The molecule has 4 heteroatoms. The first-order chi connectivity index (χ1) is 11.2. The molecule has 1 amide bonds. The molecule has 1 rings (SSSR count). The molecule has 0 saturated carbocycles. The van der Waals surface area contributed by atoms with E-state index < -0.39 is 6.09 Å². The van der Waals surface area contributed by atoms with E-state index in [1.54, 1.807) is 0 Å². The van der Waals surface area contributed by atoms with Gasteiger partial charge in [0.2, 0.25) is 0 Å². The standard InChI is InChI=1S/C19H29NO3/c1-3-4-5-6-10-13-18(16(2)14-21)20-19(22)23-15-17-11-8-7-9-12-17/h7-9,11-12,14,16,18H,3-6,10,13,15H2,1-2H3,(H,20,22)/t16-,18-/m1/s1. The van der Waals surface area contributed by atoms with Gasteiger partial charge in [-0.05, 0) is 12.0 Å². The number of alkyl carbamates (subject to hydrolysis) is 1. The van der Waals surface area contributed by atoms with Crippen LogP contribution in [0.15, 0.2) is 30.3 Å². The predicted molar refractivity (Wildman–Crippen MR) is 92.2 cm³/mol. The van der Waals surface area contributed by atoms with E-state index in [1.165, 1.54) is 19.3 Å². The molecule has 23 heavy (non-hydrogen) atoms. The molecule has 0 heterocycles. The van der Waals surface area contributed by atoms with Gasteiger partial charge in [-0.25, -0.2) is 4.79 Å². The van der Waals surface area contributed by atoms with Gasteiger partial charge in [-0.2, -0.15) is 0 Å². The predicted octanol–water partition coefficient (Wildman–Crippen LogP) is 4.48. The molecule has 0 aliphatic rings. The minimum Gasteiger partial charge on any atom is -0.445 e. The molecule has 4 nitrogen and oxygen atoms in total. The zero-order valence-electron chi connectivity index (χ0n) is 14.3. The van der Waals surface area contributed by atoms with Crippen molar-refractivity contribution in [2.45, 2.75) is 65.0 Å². The molecule has 1 aromatic rings. The van der Waals surface area contributed by atoms with Crippen LogP contribution in [-0.4, -0.2) is 18.4 Å². The normalized spacial score (nSPS) is 13.1. The van der Waals surface area contributed by atoms with Gasteiger partial charge in [-0.1, -0.05) is 76.3 Å². The second-order valence-corrected chi connectivity index (χ2v) is 6.01. The van der Waals surface area contributed by atoms with E-state index in [4.69, 9.17) is 4.74 Å². The molecule has 1 N–H and O–H groups in total. The van der Waals surface area contributed by atoms with E-state index in [1.807, 2.05) is 37.3 Å². The fourth-order valence-electron chi connectivity index (χ4n) is 2.45. The summed E-state index contributed by atoms with van der Waals surface area (Å²) in [6.07, 6.45) is 7.05. The van der Waals surface area contributed by atoms with E-state index in [0.29, 0.717) is 0 Å². The lowest BCUT2D eigenvalue weighted by atomic mass is 9.97. The topological polar surface area (TPSA) is 55.4 Å². The average molecular weight is 319 g/mol. The third-order valence-electron chi connectivity index (χ3n) is 3.98. The number of aldehydes is 1. The highest BCUT2D eigenvalue weighted by Gasteiger charge is 2.19. The number of carbonyl (C=O) groups excluding carboxylic acids is 2. The molecule has 0 fully saturated rings. The number of unbranched alkanes of at least 4 members (excludes halogenated alkanes) is 4. The lowest BCUT2D eigenvalue weighted by molar-refractivity contribution is -0.111. The van der Waals surface area contributed by atoms with Crippen molar-refractivity contribution in [3.8, 4) is 0 Å². The Balaban J connectivity index is 2.36. The summed E-state index contributed by atoms with van der Waals surface area (Å²) in [7, 11) is 0. The Kier molecular flexibility index (Phi) is 9.76. The molecule has 128 valence electrons. The van der Waals surface area contributed by atoms with Crippen molar-refractivity contribution in [1.82, 2.24) is 5.32 Å². The Morgan fingerprint density at radius 3 is 2.52 bits per heavy atom. The molecule has 0 aliphatic heterocycles. The summed E-state index contributed by atoms with van der Waals surface area (Å²) in [6, 6.07) is 9.40. The summed E-state index contributed by atoms with van der Waals surface area (Å²) in [4.78, 5) is 23.0. The largest absolute Gasteiger partial charge is 0.445 e. The van der Waals surface area contributed by atoms with Crippen molar-refractivity contribution in [2.24, 2.45) is 5.92 Å². The van der Waals surface area contributed by atoms with Crippen LogP contribution in [-0.2, 0) is 16.1 Å². The van der Waals surface area contributed by atoms with Crippen LogP contribution < -0.4 is 5.32 Å². The second kappa shape index (κ2) is 11.7. The second-order valence-electron chi connectivity index (χ2n) is 6.01. The SMILES string of the molecule is CCCCCCC[C@@H](NC(=O)OCc1ccccc1)[C@H](C)C=O. The molecule has 0 bridgehead atoms. The summed E-state index contributed by atoms with van der Waals surface area (Å²) in [6.45, 7) is 4.26. The van der Waals surface area contributed by atoms with Crippen LogP contribution >= 0.6 is 0 Å². The maximum atomic E-state index is 11.9. The summed E-state index contributed by atoms with van der Waals surface area (Å²) < 4.78 is 5.23. The van der Waals surface area contributed by atoms with Gasteiger partial charge in [-0.15, -0.1) is 0 Å². The Hall–Kier alpha value is -1.84. The monoisotopic (exact) mass is 319 g/mol. The third-order valence-corrected chi connectivity index (χ3v) is 3.98. The van der Waals surface area contributed by atoms with Crippen LogP contribution in [0.5, 0.6) is 0 Å². The molecule has 0 radical (unpaired) electrons. The number of hydrogen-bond acceptors (Lipinski definition) is 3. The Labute approximate surface area is 139 Å². The van der Waals surface area contributed by atoms with E-state index in [0.717, 1.165) is 31.1 Å².